The van der Waals surface area contributed by atoms with Crippen LogP contribution in [0.2, 0.25) is 0 Å². The topological polar surface area (TPSA) is 326 Å². The standard InChI is InChI=1S/C43H49N5O8S.C34H42N4O7S/c1-31-4-8-34(9-5-31)10-11-38(30-57(51,52)40-20-6-32(2)7-21-40)41(49)35-12-14-37(15-13-35)43(50)44-22-23-53-24-25-54-26-27-55-28-29-56-39-18-16-36(17-19-39)42-47-45-33(3)46-48-42;1-26-3-7-28(8-4-26)9-10-31(25-46(41,42)32-15-5-27(2)6-16-32)33(39)29-11-13-30(14-12-29)34(40)36-17-19-43-21-23-45-24-22-44-20-18-37-38-35/h4-9,12-21,38H,10-11,22-30H2,1-3H3,(H,44,50);3-8,11-16,31H,9-10,17-25H2,1-2H3,(H,36,40). The molecule has 2 atom stereocenters. The second-order valence-corrected chi connectivity index (χ2v) is 28.4. The molecule has 1 aromatic heterocycles. The van der Waals surface area contributed by atoms with Crippen molar-refractivity contribution < 1.29 is 69.2 Å². The van der Waals surface area contributed by atoms with Crippen LogP contribution in [-0.2, 0) is 60.9 Å². The Balaban J connectivity index is 0.000000295. The molecule has 0 bridgehead atoms. The third-order valence-corrected chi connectivity index (χ3v) is 19.8. The van der Waals surface area contributed by atoms with Gasteiger partial charge in [0.2, 0.25) is 5.82 Å². The molecular weight excluding hydrogens is 1360 g/mol. The number of carbonyl (C=O) groups is 4. The van der Waals surface area contributed by atoms with Crippen LogP contribution in [0.1, 0.15) is 93.5 Å². The highest BCUT2D eigenvalue weighted by Crippen LogP contribution is 2.26. The van der Waals surface area contributed by atoms with Crippen molar-refractivity contribution >= 4 is 43.1 Å². The van der Waals surface area contributed by atoms with Crippen LogP contribution in [-0.4, -0.2) is 178 Å². The number of ketones is 2. The SMILES string of the molecule is Cc1ccc(CCC(CS(=O)(=O)c2ccc(C)cc2)C(=O)c2ccc(C(=O)NCCOCCOCCOCCN=[N+]=[N-])cc2)cc1.Cc1ccc(CCC(CS(=O)(=O)c2ccc(C)cc2)C(=O)c2ccc(C(=O)NCCOCCOCCOCCOc3ccc(-c4nnc(C)nn4)cc3)cc2)cc1. The molecule has 8 aromatic rings. The summed E-state index contributed by atoms with van der Waals surface area (Å²) in [4.78, 5) is 55.8. The molecule has 7 aromatic carbocycles. The van der Waals surface area contributed by atoms with Crippen molar-refractivity contribution in [2.45, 2.75) is 70.1 Å². The quantitative estimate of drug-likeness (QED) is 0.0118. The number of nitrogens with one attached hydrogen (secondary N) is 2. The van der Waals surface area contributed by atoms with E-state index in [2.05, 4.69) is 41.1 Å². The van der Waals surface area contributed by atoms with Gasteiger partial charge in [-0.1, -0.05) is 124 Å². The summed E-state index contributed by atoms with van der Waals surface area (Å²) < 4.78 is 91.8. The minimum absolute atomic E-state index is 0.194. The summed E-state index contributed by atoms with van der Waals surface area (Å²) in [5.74, 6) is -1.64. The molecule has 0 spiro atoms. The average molecular weight is 1450 g/mol. The Labute approximate surface area is 603 Å². The molecule has 0 fully saturated rings. The summed E-state index contributed by atoms with van der Waals surface area (Å²) in [5.41, 5.74) is 16.7. The van der Waals surface area contributed by atoms with Gasteiger partial charge in [0.05, 0.1) is 101 Å². The van der Waals surface area contributed by atoms with E-state index < -0.39 is 31.5 Å². The van der Waals surface area contributed by atoms with Crippen molar-refractivity contribution in [1.29, 1.82) is 0 Å². The van der Waals surface area contributed by atoms with E-state index in [9.17, 15) is 36.0 Å². The van der Waals surface area contributed by atoms with E-state index in [0.717, 1.165) is 38.9 Å². The number of Topliss-reactive ketones (excluding diaryl/α,β-unsaturated/α-hetero) is 2. The number of amides is 2. The average Bonchev–Trinajstić information content (AvgIpc) is 0.825. The molecule has 0 aliphatic rings. The van der Waals surface area contributed by atoms with Crippen LogP contribution in [0.3, 0.4) is 0 Å². The van der Waals surface area contributed by atoms with Crippen LogP contribution in [0.4, 0.5) is 0 Å². The minimum atomic E-state index is -3.72. The van der Waals surface area contributed by atoms with E-state index in [0.29, 0.717) is 158 Å². The Morgan fingerprint density at radius 2 is 0.757 bits per heavy atom. The van der Waals surface area contributed by atoms with Gasteiger partial charge in [-0.15, -0.1) is 20.4 Å². The molecule has 546 valence electrons. The Kier molecular flexibility index (Phi) is 34.1. The first-order valence-electron chi connectivity index (χ1n) is 34.1. The van der Waals surface area contributed by atoms with Gasteiger partial charge in [0.25, 0.3) is 11.8 Å². The van der Waals surface area contributed by atoms with Crippen molar-refractivity contribution in [1.82, 2.24) is 31.0 Å². The number of ether oxygens (including phenoxy) is 7. The van der Waals surface area contributed by atoms with Crippen molar-refractivity contribution in [2.75, 3.05) is 117 Å². The molecule has 2 amide bonds. The molecule has 24 nitrogen and oxygen atoms in total. The maximum absolute atomic E-state index is 13.8. The molecule has 0 saturated heterocycles. The van der Waals surface area contributed by atoms with E-state index in [-0.39, 0.29) is 57.8 Å². The molecule has 0 aliphatic carbocycles. The number of aromatic nitrogens is 4. The Bertz CT molecular complexity index is 4190. The lowest BCUT2D eigenvalue weighted by molar-refractivity contribution is 0.00988. The maximum Gasteiger partial charge on any atom is 0.251 e. The second kappa shape index (κ2) is 43.5. The largest absolute Gasteiger partial charge is 0.491 e. The summed E-state index contributed by atoms with van der Waals surface area (Å²) in [5, 5.41) is 24.8. The molecule has 26 heteroatoms. The molecule has 2 unspecified atom stereocenters. The zero-order chi connectivity index (χ0) is 73.7. The first-order valence-corrected chi connectivity index (χ1v) is 37.4. The van der Waals surface area contributed by atoms with E-state index in [1.165, 1.54) is 0 Å². The van der Waals surface area contributed by atoms with Crippen LogP contribution < -0.4 is 15.4 Å². The van der Waals surface area contributed by atoms with Gasteiger partial charge in [-0.3, -0.25) is 19.2 Å². The number of carbonyl (C=O) groups excluding carboxylic acids is 4. The normalized spacial score (nSPS) is 11.9. The third kappa shape index (κ3) is 29.1. The van der Waals surface area contributed by atoms with Gasteiger partial charge in [-0.05, 0) is 150 Å². The number of sulfone groups is 2. The summed E-state index contributed by atoms with van der Waals surface area (Å²) in [6, 6.07) is 49.2. The van der Waals surface area contributed by atoms with Crippen molar-refractivity contribution in [2.24, 2.45) is 17.0 Å². The number of hydrogen-bond donors (Lipinski definition) is 2. The molecular formula is C77H91N9O15S2. The monoisotopic (exact) mass is 1450 g/mol. The zero-order valence-corrected chi connectivity index (χ0v) is 60.6. The molecule has 0 saturated carbocycles. The number of nitrogens with zero attached hydrogens (tertiary/aromatic N) is 7. The third-order valence-electron chi connectivity index (χ3n) is 16.1. The molecule has 0 radical (unpaired) electrons. The molecule has 2 N–H and O–H groups in total. The molecule has 0 aliphatic heterocycles. The van der Waals surface area contributed by atoms with E-state index in [1.54, 1.807) is 104 Å². The minimum Gasteiger partial charge on any atom is -0.491 e. The van der Waals surface area contributed by atoms with E-state index >= 15 is 0 Å². The number of rotatable bonds is 44. The lowest BCUT2D eigenvalue weighted by atomic mass is 9.92. The van der Waals surface area contributed by atoms with Gasteiger partial charge in [-0.25, -0.2) is 16.8 Å². The van der Waals surface area contributed by atoms with Gasteiger partial charge in [0.1, 0.15) is 12.4 Å². The van der Waals surface area contributed by atoms with Crippen LogP contribution in [0, 0.1) is 46.5 Å². The lowest BCUT2D eigenvalue weighted by Crippen LogP contribution is -2.28. The zero-order valence-electron chi connectivity index (χ0n) is 58.9. The molecule has 103 heavy (non-hydrogen) atoms. The fourth-order valence-corrected chi connectivity index (χ4v) is 13.4. The Morgan fingerprint density at radius 1 is 0.417 bits per heavy atom. The predicted molar refractivity (Wildman–Crippen MR) is 391 cm³/mol. The smallest absolute Gasteiger partial charge is 0.251 e. The highest BCUT2D eigenvalue weighted by atomic mass is 32.2. The van der Waals surface area contributed by atoms with Crippen LogP contribution >= 0.6 is 0 Å². The van der Waals surface area contributed by atoms with Crippen LogP contribution in [0.5, 0.6) is 5.75 Å². The van der Waals surface area contributed by atoms with Crippen LogP contribution in [0.25, 0.3) is 21.8 Å². The first-order chi connectivity index (χ1) is 49.8. The molecule has 1 heterocycles. The number of benzene rings is 7. The first kappa shape index (κ1) is 80.8. The molecule has 8 rings (SSSR count). The highest BCUT2D eigenvalue weighted by Gasteiger charge is 2.30. The number of aryl methyl sites for hydroxylation is 7. The summed E-state index contributed by atoms with van der Waals surface area (Å²) in [7, 11) is -7.44. The fraction of sp³-hybridized carbons (Fsp3) is 0.377. The van der Waals surface area contributed by atoms with Crippen LogP contribution in [0.15, 0.2) is 185 Å². The predicted octanol–water partition coefficient (Wildman–Crippen LogP) is 10.9. The fourth-order valence-electron chi connectivity index (χ4n) is 10.3. The van der Waals surface area contributed by atoms with Gasteiger partial charge >= 0.3 is 0 Å². The Morgan fingerprint density at radius 3 is 1.14 bits per heavy atom. The summed E-state index contributed by atoms with van der Waals surface area (Å²) in [6.07, 6.45) is 1.85. The van der Waals surface area contributed by atoms with Crippen molar-refractivity contribution in [3.8, 4) is 17.1 Å². The number of azide groups is 1. The van der Waals surface area contributed by atoms with Gasteiger partial charge < -0.3 is 43.8 Å². The van der Waals surface area contributed by atoms with Crippen molar-refractivity contribution in [3.63, 3.8) is 0 Å². The number of hydrogen-bond acceptors (Lipinski definition) is 20. The maximum atomic E-state index is 13.8. The van der Waals surface area contributed by atoms with E-state index in [1.807, 2.05) is 100 Å². The Hall–Kier alpha value is -9.47. The van der Waals surface area contributed by atoms with Crippen molar-refractivity contribution in [3.05, 3.63) is 242 Å². The summed E-state index contributed by atoms with van der Waals surface area (Å²) in [6.45, 7) is 15.2. The van der Waals surface area contributed by atoms with Gasteiger partial charge in [0.15, 0.2) is 37.1 Å². The van der Waals surface area contributed by atoms with Gasteiger partial charge in [-0.2, -0.15) is 0 Å². The summed E-state index contributed by atoms with van der Waals surface area (Å²) >= 11 is 0. The van der Waals surface area contributed by atoms with Gasteiger partial charge in [0, 0.05) is 64.2 Å². The van der Waals surface area contributed by atoms with E-state index in [4.69, 9.17) is 38.7 Å². The highest BCUT2D eigenvalue weighted by molar-refractivity contribution is 7.91. The lowest BCUT2D eigenvalue weighted by Gasteiger charge is -2.17. The second-order valence-electron chi connectivity index (χ2n) is 24.3.